The van der Waals surface area contributed by atoms with Crippen molar-refractivity contribution in [3.8, 4) is 0 Å². The Balaban J connectivity index is 1.79. The van der Waals surface area contributed by atoms with E-state index < -0.39 is 0 Å². The Morgan fingerprint density at radius 2 is 2.21 bits per heavy atom. The van der Waals surface area contributed by atoms with E-state index in [0.717, 1.165) is 12.2 Å². The third-order valence-corrected chi connectivity index (χ3v) is 3.04. The fraction of sp³-hybridized carbons (Fsp3) is 0.727. The zero-order valence-electron chi connectivity index (χ0n) is 8.75. The molecule has 1 N–H and O–H groups in total. The van der Waals surface area contributed by atoms with Crippen LogP contribution in [0.25, 0.3) is 0 Å². The average Bonchev–Trinajstić information content (AvgIpc) is 2.63. The highest BCUT2D eigenvalue weighted by atomic mass is 16.5. The molecule has 0 spiro atoms. The molecule has 3 nitrogen and oxygen atoms in total. The molecule has 0 amide bonds. The largest absolute Gasteiger partial charge is 0.364 e. The second-order valence-corrected chi connectivity index (χ2v) is 4.14. The van der Waals surface area contributed by atoms with Gasteiger partial charge in [0.25, 0.3) is 0 Å². The summed E-state index contributed by atoms with van der Waals surface area (Å²) >= 11 is 0. The Hall–Kier alpha value is -0.830. The molecule has 2 rings (SSSR count). The summed E-state index contributed by atoms with van der Waals surface area (Å²) < 4.78 is 4.90. The maximum absolute atomic E-state index is 4.90. The lowest BCUT2D eigenvalue weighted by Gasteiger charge is -2.22. The SMILES string of the molecule is Cc1nocc1CNC1CCCCC1. The zero-order chi connectivity index (χ0) is 9.80. The van der Waals surface area contributed by atoms with Gasteiger partial charge in [-0.2, -0.15) is 0 Å². The molecule has 1 aliphatic carbocycles. The first-order chi connectivity index (χ1) is 6.86. The van der Waals surface area contributed by atoms with Crippen molar-refractivity contribution in [1.29, 1.82) is 0 Å². The summed E-state index contributed by atoms with van der Waals surface area (Å²) in [5.74, 6) is 0. The molecule has 0 unspecified atom stereocenters. The highest BCUT2D eigenvalue weighted by Crippen LogP contribution is 2.18. The van der Waals surface area contributed by atoms with Crippen molar-refractivity contribution in [1.82, 2.24) is 10.5 Å². The van der Waals surface area contributed by atoms with Crippen LogP contribution in [0.2, 0.25) is 0 Å². The highest BCUT2D eigenvalue weighted by Gasteiger charge is 2.13. The molecular formula is C11H18N2O. The molecule has 0 radical (unpaired) electrons. The van der Waals surface area contributed by atoms with Crippen molar-refractivity contribution >= 4 is 0 Å². The number of nitrogens with zero attached hydrogens (tertiary/aromatic N) is 1. The third kappa shape index (κ3) is 2.35. The lowest BCUT2D eigenvalue weighted by Crippen LogP contribution is -2.30. The Morgan fingerprint density at radius 1 is 1.43 bits per heavy atom. The molecule has 0 saturated heterocycles. The van der Waals surface area contributed by atoms with Gasteiger partial charge in [0.15, 0.2) is 0 Å². The topological polar surface area (TPSA) is 38.1 Å². The molecule has 1 aromatic rings. The monoisotopic (exact) mass is 194 g/mol. The van der Waals surface area contributed by atoms with Crippen molar-refractivity contribution < 1.29 is 4.52 Å². The number of nitrogens with one attached hydrogen (secondary N) is 1. The Morgan fingerprint density at radius 3 is 2.86 bits per heavy atom. The lowest BCUT2D eigenvalue weighted by molar-refractivity contribution is 0.371. The fourth-order valence-corrected chi connectivity index (χ4v) is 2.04. The van der Waals surface area contributed by atoms with Gasteiger partial charge in [0, 0.05) is 18.2 Å². The Labute approximate surface area is 84.9 Å². The predicted octanol–water partition coefficient (Wildman–Crippen LogP) is 2.41. The first kappa shape index (κ1) is 9.71. The van der Waals surface area contributed by atoms with Gasteiger partial charge in [-0.15, -0.1) is 0 Å². The van der Waals surface area contributed by atoms with Crippen LogP contribution in [0.5, 0.6) is 0 Å². The van der Waals surface area contributed by atoms with Crippen LogP contribution < -0.4 is 5.32 Å². The normalized spacial score (nSPS) is 18.6. The molecule has 1 aliphatic rings. The lowest BCUT2D eigenvalue weighted by atomic mass is 9.95. The summed E-state index contributed by atoms with van der Waals surface area (Å²) in [6.45, 7) is 2.89. The molecule has 0 atom stereocenters. The van der Waals surface area contributed by atoms with E-state index in [2.05, 4.69) is 10.5 Å². The number of rotatable bonds is 3. The van der Waals surface area contributed by atoms with E-state index in [9.17, 15) is 0 Å². The van der Waals surface area contributed by atoms with Crippen LogP contribution in [-0.4, -0.2) is 11.2 Å². The maximum Gasteiger partial charge on any atom is 0.128 e. The quantitative estimate of drug-likeness (QED) is 0.803. The fourth-order valence-electron chi connectivity index (χ4n) is 2.04. The average molecular weight is 194 g/mol. The van der Waals surface area contributed by atoms with Crippen LogP contribution in [0.4, 0.5) is 0 Å². The van der Waals surface area contributed by atoms with Gasteiger partial charge in [-0.25, -0.2) is 0 Å². The van der Waals surface area contributed by atoms with Crippen molar-refractivity contribution in [2.75, 3.05) is 0 Å². The Bertz CT molecular complexity index is 277. The molecular weight excluding hydrogens is 176 g/mol. The minimum Gasteiger partial charge on any atom is -0.364 e. The van der Waals surface area contributed by atoms with Gasteiger partial charge in [0.05, 0.1) is 5.69 Å². The van der Waals surface area contributed by atoms with E-state index in [-0.39, 0.29) is 0 Å². The summed E-state index contributed by atoms with van der Waals surface area (Å²) in [7, 11) is 0. The summed E-state index contributed by atoms with van der Waals surface area (Å²) in [4.78, 5) is 0. The molecule has 0 bridgehead atoms. The number of aryl methyl sites for hydroxylation is 1. The van der Waals surface area contributed by atoms with Gasteiger partial charge in [-0.05, 0) is 19.8 Å². The van der Waals surface area contributed by atoms with Gasteiger partial charge in [0.2, 0.25) is 0 Å². The smallest absolute Gasteiger partial charge is 0.128 e. The molecule has 1 saturated carbocycles. The van der Waals surface area contributed by atoms with Gasteiger partial charge in [-0.1, -0.05) is 24.4 Å². The zero-order valence-corrected chi connectivity index (χ0v) is 8.75. The molecule has 3 heteroatoms. The van der Waals surface area contributed by atoms with E-state index in [1.165, 1.54) is 37.7 Å². The van der Waals surface area contributed by atoms with Crippen LogP contribution in [0.3, 0.4) is 0 Å². The molecule has 78 valence electrons. The summed E-state index contributed by atoms with van der Waals surface area (Å²) in [5.41, 5.74) is 2.20. The van der Waals surface area contributed by atoms with Crippen LogP contribution in [-0.2, 0) is 6.54 Å². The molecule has 0 aliphatic heterocycles. The summed E-state index contributed by atoms with van der Waals surface area (Å²) in [5, 5.41) is 7.43. The maximum atomic E-state index is 4.90. The van der Waals surface area contributed by atoms with E-state index in [0.29, 0.717) is 6.04 Å². The van der Waals surface area contributed by atoms with E-state index in [1.807, 2.05) is 6.92 Å². The van der Waals surface area contributed by atoms with Crippen LogP contribution >= 0.6 is 0 Å². The first-order valence-electron chi connectivity index (χ1n) is 5.49. The van der Waals surface area contributed by atoms with Crippen molar-refractivity contribution in [2.24, 2.45) is 0 Å². The summed E-state index contributed by atoms with van der Waals surface area (Å²) in [6, 6.07) is 0.707. The number of hydrogen-bond acceptors (Lipinski definition) is 3. The van der Waals surface area contributed by atoms with Crippen LogP contribution in [0, 0.1) is 6.92 Å². The minimum atomic E-state index is 0.707. The standard InChI is InChI=1S/C11H18N2O/c1-9-10(8-14-13-9)7-12-11-5-3-2-4-6-11/h8,11-12H,2-7H2,1H3. The molecule has 1 heterocycles. The van der Waals surface area contributed by atoms with E-state index in [4.69, 9.17) is 4.52 Å². The molecule has 14 heavy (non-hydrogen) atoms. The third-order valence-electron chi connectivity index (χ3n) is 3.04. The first-order valence-corrected chi connectivity index (χ1v) is 5.49. The Kier molecular flexibility index (Phi) is 3.19. The van der Waals surface area contributed by atoms with E-state index in [1.54, 1.807) is 6.26 Å². The second-order valence-electron chi connectivity index (χ2n) is 4.14. The van der Waals surface area contributed by atoms with Crippen LogP contribution in [0.15, 0.2) is 10.8 Å². The van der Waals surface area contributed by atoms with Gasteiger partial charge in [-0.3, -0.25) is 0 Å². The predicted molar refractivity (Wildman–Crippen MR) is 55.0 cm³/mol. The number of aromatic nitrogens is 1. The summed E-state index contributed by atoms with van der Waals surface area (Å²) in [6.07, 6.45) is 8.55. The van der Waals surface area contributed by atoms with Crippen LogP contribution in [0.1, 0.15) is 43.4 Å². The van der Waals surface area contributed by atoms with Crippen molar-refractivity contribution in [3.05, 3.63) is 17.5 Å². The van der Waals surface area contributed by atoms with Gasteiger partial charge >= 0.3 is 0 Å². The van der Waals surface area contributed by atoms with E-state index >= 15 is 0 Å². The van der Waals surface area contributed by atoms with Crippen molar-refractivity contribution in [3.63, 3.8) is 0 Å². The molecule has 1 fully saturated rings. The van der Waals surface area contributed by atoms with Crippen molar-refractivity contribution in [2.45, 2.75) is 51.6 Å². The van der Waals surface area contributed by atoms with Gasteiger partial charge < -0.3 is 9.84 Å². The minimum absolute atomic E-state index is 0.707. The highest BCUT2D eigenvalue weighted by molar-refractivity contribution is 5.12. The van der Waals surface area contributed by atoms with Gasteiger partial charge in [0.1, 0.15) is 6.26 Å². The molecule has 0 aromatic carbocycles. The second kappa shape index (κ2) is 4.60. The molecule has 1 aromatic heterocycles. The number of hydrogen-bond donors (Lipinski definition) is 1.